The Bertz CT molecular complexity index is 3510. The SMILES string of the molecule is N=C1N=CCC/C1=C1/Nc2ccc(-c3ccc(F)cn3)nc2N1c1ccc(CN2CCC(NC(=O)NC3CCN(Cc4ccc(-n5c(-c6cccnc6N)nc6ccc(-c7ccc(F)cn7)nc65)cc4)CC3)CC2)cc1. The highest BCUT2D eigenvalue weighted by molar-refractivity contribution is 6.05. The number of amidine groups is 1. The number of nitrogen functional groups attached to an aromatic ring is 1. The first-order chi connectivity index (χ1) is 37.1. The van der Waals surface area contributed by atoms with Gasteiger partial charge in [-0.15, -0.1) is 0 Å². The summed E-state index contributed by atoms with van der Waals surface area (Å²) in [4.78, 5) is 52.2. The number of imidazole rings is 1. The number of hydrogen-bond donors (Lipinski definition) is 5. The van der Waals surface area contributed by atoms with Crippen LogP contribution in [-0.4, -0.2) is 101 Å². The van der Waals surface area contributed by atoms with E-state index in [1.807, 2.05) is 45.9 Å². The second kappa shape index (κ2) is 20.8. The Labute approximate surface area is 437 Å². The Hall–Kier alpha value is -8.81. The lowest BCUT2D eigenvalue weighted by molar-refractivity contribution is 0.174. The average molecular weight is 1020 g/mol. The predicted octanol–water partition coefficient (Wildman–Crippen LogP) is 9.41. The van der Waals surface area contributed by atoms with E-state index in [1.165, 1.54) is 30.1 Å². The van der Waals surface area contributed by atoms with Crippen molar-refractivity contribution in [3.8, 4) is 39.9 Å². The molecule has 8 aromatic rings. The molecule has 10 heterocycles. The largest absolute Gasteiger partial charge is 0.383 e. The maximum absolute atomic E-state index is 13.7. The second-order valence-corrected chi connectivity index (χ2v) is 19.6. The number of carbonyl (C=O) groups is 1. The van der Waals surface area contributed by atoms with E-state index in [0.29, 0.717) is 63.4 Å². The van der Waals surface area contributed by atoms with E-state index < -0.39 is 11.6 Å². The van der Waals surface area contributed by atoms with Gasteiger partial charge in [0.1, 0.15) is 28.8 Å². The number of anilines is 4. The zero-order chi connectivity index (χ0) is 51.7. The monoisotopic (exact) mass is 1020 g/mol. The highest BCUT2D eigenvalue weighted by atomic mass is 19.1. The van der Waals surface area contributed by atoms with Crippen molar-refractivity contribution in [3.05, 3.63) is 162 Å². The van der Waals surface area contributed by atoms with Crippen molar-refractivity contribution in [2.45, 2.75) is 63.7 Å². The van der Waals surface area contributed by atoms with Crippen molar-refractivity contribution in [2.75, 3.05) is 42.1 Å². The van der Waals surface area contributed by atoms with E-state index in [4.69, 9.17) is 26.1 Å². The summed E-state index contributed by atoms with van der Waals surface area (Å²) in [6.45, 7) is 5.01. The Morgan fingerprint density at radius 2 is 1.28 bits per heavy atom. The number of halogens is 2. The van der Waals surface area contributed by atoms with E-state index in [0.717, 1.165) is 105 Å². The summed E-state index contributed by atoms with van der Waals surface area (Å²) in [7, 11) is 0. The molecule has 0 aliphatic carbocycles. The van der Waals surface area contributed by atoms with Gasteiger partial charge in [0, 0.05) is 80.7 Å². The first-order valence-corrected chi connectivity index (χ1v) is 25.6. The van der Waals surface area contributed by atoms with Gasteiger partial charge < -0.3 is 21.7 Å². The number of benzene rings is 2. The first-order valence-electron chi connectivity index (χ1n) is 25.6. The predicted molar refractivity (Wildman–Crippen MR) is 290 cm³/mol. The van der Waals surface area contributed by atoms with Crippen molar-refractivity contribution in [1.82, 2.24) is 54.9 Å². The number of likely N-dealkylation sites (tertiary alicyclic amines) is 2. The summed E-state index contributed by atoms with van der Waals surface area (Å²) in [5.74, 6) is 1.79. The molecule has 2 amide bonds. The number of pyridine rings is 5. The lowest BCUT2D eigenvalue weighted by Gasteiger charge is -2.34. The Kier molecular flexibility index (Phi) is 13.2. The minimum atomic E-state index is -0.416. The number of amides is 2. The quantitative estimate of drug-likeness (QED) is 0.0822. The fourth-order valence-corrected chi connectivity index (χ4v) is 10.5. The van der Waals surface area contributed by atoms with Crippen molar-refractivity contribution in [1.29, 1.82) is 5.41 Å². The third-order valence-electron chi connectivity index (χ3n) is 14.5. The standard InChI is InChI=1S/C57H54F2N16O/c58-37-9-15-45(64-31-37)47-17-19-49-55(68-47)74(53(70-49)43-3-1-25-62-51(43)60)41-11-5-35(6-12-41)33-72-27-21-39(22-28-72)66-57(76)67-40-23-29-73(30-24-40)34-36-7-13-42(14-8-36)75-54(44-4-2-26-63-52(44)61)71-50-20-18-48(69-56(50)75)46-16-10-38(59)32-65-46/h1,3,5-20,25-26,31-32,39-40,61,71H,2,4,21-24,27-30,33-34H2,(H2,60,62)(H2,66,67,76)/b54-44+,61-52?. The van der Waals surface area contributed by atoms with Gasteiger partial charge in [-0.25, -0.2) is 38.5 Å². The van der Waals surface area contributed by atoms with Crippen molar-refractivity contribution in [2.24, 2.45) is 4.99 Å². The summed E-state index contributed by atoms with van der Waals surface area (Å²) in [6, 6.07) is 34.1. The van der Waals surface area contributed by atoms with Crippen LogP contribution in [0.1, 0.15) is 49.7 Å². The van der Waals surface area contributed by atoms with Gasteiger partial charge in [0.05, 0.1) is 46.4 Å². The van der Waals surface area contributed by atoms with E-state index in [1.54, 1.807) is 24.5 Å². The summed E-state index contributed by atoms with van der Waals surface area (Å²) in [6.07, 6.45) is 10.7. The van der Waals surface area contributed by atoms with E-state index in [2.05, 4.69) is 94.2 Å². The Balaban J connectivity index is 0.630. The van der Waals surface area contributed by atoms with Crippen LogP contribution in [-0.2, 0) is 13.1 Å². The molecule has 0 radical (unpaired) electrons. The van der Waals surface area contributed by atoms with Gasteiger partial charge in [0.15, 0.2) is 23.1 Å². The van der Waals surface area contributed by atoms with Crippen LogP contribution >= 0.6 is 0 Å². The summed E-state index contributed by atoms with van der Waals surface area (Å²) in [5, 5.41) is 18.7. The fourth-order valence-electron chi connectivity index (χ4n) is 10.5. The molecule has 12 rings (SSSR count). The number of rotatable bonds is 11. The molecule has 6 N–H and O–H groups in total. The van der Waals surface area contributed by atoms with Crippen molar-refractivity contribution in [3.63, 3.8) is 0 Å². The van der Waals surface area contributed by atoms with E-state index >= 15 is 0 Å². The highest BCUT2D eigenvalue weighted by Crippen LogP contribution is 2.44. The molecule has 0 atom stereocenters. The number of aliphatic imine (C=N–C) groups is 1. The van der Waals surface area contributed by atoms with Crippen LogP contribution in [0.2, 0.25) is 0 Å². The van der Waals surface area contributed by atoms with Gasteiger partial charge in [-0.05, 0) is 135 Å². The second-order valence-electron chi connectivity index (χ2n) is 19.6. The maximum Gasteiger partial charge on any atom is 0.315 e. The summed E-state index contributed by atoms with van der Waals surface area (Å²) in [5.41, 5.74) is 16.3. The summed E-state index contributed by atoms with van der Waals surface area (Å²) < 4.78 is 29.4. The number of aromatic nitrogens is 7. The molecule has 2 fully saturated rings. The number of piperidine rings is 2. The highest BCUT2D eigenvalue weighted by Gasteiger charge is 2.32. The molecule has 0 saturated carbocycles. The average Bonchev–Trinajstić information content (AvgIpc) is 4.02. The molecule has 2 saturated heterocycles. The first kappa shape index (κ1) is 48.1. The van der Waals surface area contributed by atoms with Crippen LogP contribution in [0.15, 0.2) is 144 Å². The summed E-state index contributed by atoms with van der Waals surface area (Å²) >= 11 is 0. The number of carbonyl (C=O) groups excluding carboxylic acids is 1. The Morgan fingerprint density at radius 1 is 0.684 bits per heavy atom. The molecule has 76 heavy (non-hydrogen) atoms. The number of urea groups is 1. The van der Waals surface area contributed by atoms with E-state index in [-0.39, 0.29) is 24.0 Å². The zero-order valence-electron chi connectivity index (χ0n) is 41.5. The molecule has 0 unspecified atom stereocenters. The topological polar surface area (TPSA) is 207 Å². The minimum Gasteiger partial charge on any atom is -0.383 e. The third kappa shape index (κ3) is 10.1. The minimum absolute atomic E-state index is 0.0992. The Morgan fingerprint density at radius 3 is 1.87 bits per heavy atom. The van der Waals surface area contributed by atoms with Gasteiger partial charge in [-0.1, -0.05) is 24.3 Å². The molecule has 6 aromatic heterocycles. The van der Waals surface area contributed by atoms with Crippen LogP contribution in [0.5, 0.6) is 0 Å². The van der Waals surface area contributed by atoms with Gasteiger partial charge in [-0.3, -0.25) is 34.6 Å². The number of nitrogens with two attached hydrogens (primary N) is 1. The fraction of sp³-hybridized carbons (Fsp3) is 0.246. The molecular formula is C57H54F2N16O. The molecule has 4 aliphatic rings. The lowest BCUT2D eigenvalue weighted by atomic mass is 10.0. The third-order valence-corrected chi connectivity index (χ3v) is 14.5. The van der Waals surface area contributed by atoms with Gasteiger partial charge in [-0.2, -0.15) is 0 Å². The van der Waals surface area contributed by atoms with Crippen molar-refractivity contribution < 1.29 is 13.6 Å². The number of hydrogen-bond acceptors (Lipinski definition) is 13. The smallest absolute Gasteiger partial charge is 0.315 e. The van der Waals surface area contributed by atoms with Gasteiger partial charge in [0.2, 0.25) is 0 Å². The number of nitrogens with zero attached hydrogens (tertiary/aromatic N) is 11. The van der Waals surface area contributed by atoms with Crippen LogP contribution in [0.4, 0.5) is 36.6 Å². The molecule has 0 bridgehead atoms. The van der Waals surface area contributed by atoms with Gasteiger partial charge in [0.25, 0.3) is 0 Å². The van der Waals surface area contributed by atoms with Gasteiger partial charge >= 0.3 is 6.03 Å². The molecule has 17 nitrogen and oxygen atoms in total. The van der Waals surface area contributed by atoms with Crippen LogP contribution in [0.3, 0.4) is 0 Å². The zero-order valence-corrected chi connectivity index (χ0v) is 41.5. The molecule has 2 aromatic carbocycles. The normalized spacial score (nSPS) is 17.5. The molecule has 0 spiro atoms. The number of nitrogens with one attached hydrogen (secondary N) is 4. The molecule has 4 aliphatic heterocycles. The van der Waals surface area contributed by atoms with E-state index in [9.17, 15) is 13.6 Å². The van der Waals surface area contributed by atoms with Crippen LogP contribution < -0.4 is 26.6 Å². The van der Waals surface area contributed by atoms with Crippen LogP contribution in [0, 0.1) is 17.0 Å². The van der Waals surface area contributed by atoms with Crippen molar-refractivity contribution >= 4 is 52.3 Å². The molecule has 382 valence electrons. The molecular weight excluding hydrogens is 963 g/mol. The number of fused-ring (bicyclic) bond motifs is 2. The maximum atomic E-state index is 13.7. The van der Waals surface area contributed by atoms with Crippen LogP contribution in [0.25, 0.3) is 51.0 Å². The lowest BCUT2D eigenvalue weighted by Crippen LogP contribution is -2.52. The molecule has 19 heteroatoms.